The van der Waals surface area contributed by atoms with Gasteiger partial charge in [0.1, 0.15) is 11.6 Å². The minimum atomic E-state index is -4.44. The first kappa shape index (κ1) is 27.4. The monoisotopic (exact) mass is 568 g/mol. The fourth-order valence-corrected chi connectivity index (χ4v) is 5.14. The minimum absolute atomic E-state index is 0.285. The average Bonchev–Trinajstić information content (AvgIpc) is 3.54. The zero-order valence-electron chi connectivity index (χ0n) is 22.1. The maximum Gasteiger partial charge on any atom is 0.416 e. The summed E-state index contributed by atoms with van der Waals surface area (Å²) in [5.74, 6) is 1.59. The molecular formula is C28H27F3N6O2S. The van der Waals surface area contributed by atoms with E-state index in [0.29, 0.717) is 58.6 Å². The number of halogens is 3. The summed E-state index contributed by atoms with van der Waals surface area (Å²) in [6, 6.07) is 10.4. The summed E-state index contributed by atoms with van der Waals surface area (Å²) in [5.41, 5.74) is 2.30. The van der Waals surface area contributed by atoms with Crippen LogP contribution in [0, 0.1) is 0 Å². The van der Waals surface area contributed by atoms with Gasteiger partial charge in [0.15, 0.2) is 16.5 Å². The zero-order valence-corrected chi connectivity index (χ0v) is 22.9. The fourth-order valence-electron chi connectivity index (χ4n) is 4.40. The number of aryl methyl sites for hydroxylation is 2. The van der Waals surface area contributed by atoms with E-state index in [2.05, 4.69) is 20.3 Å². The number of nitrogens with zero attached hydrogens (tertiary/aromatic N) is 4. The molecule has 2 aromatic carbocycles. The predicted octanol–water partition coefficient (Wildman–Crippen LogP) is 6.88. The van der Waals surface area contributed by atoms with Gasteiger partial charge >= 0.3 is 6.18 Å². The number of aromatic nitrogens is 5. The molecule has 0 amide bonds. The van der Waals surface area contributed by atoms with Crippen LogP contribution in [0.15, 0.2) is 52.6 Å². The predicted molar refractivity (Wildman–Crippen MR) is 149 cm³/mol. The van der Waals surface area contributed by atoms with Crippen LogP contribution in [0.3, 0.4) is 0 Å². The van der Waals surface area contributed by atoms with E-state index in [1.807, 2.05) is 32.9 Å². The fraction of sp³-hybridized carbons (Fsp3) is 0.286. The highest BCUT2D eigenvalue weighted by Crippen LogP contribution is 2.35. The van der Waals surface area contributed by atoms with Crippen molar-refractivity contribution >= 4 is 27.7 Å². The Bertz CT molecular complexity index is 1720. The van der Waals surface area contributed by atoms with Gasteiger partial charge in [-0.3, -0.25) is 4.79 Å². The number of anilines is 2. The van der Waals surface area contributed by atoms with E-state index in [1.54, 1.807) is 22.0 Å². The van der Waals surface area contributed by atoms with Crippen molar-refractivity contribution in [3.8, 4) is 28.4 Å². The van der Waals surface area contributed by atoms with Crippen molar-refractivity contribution in [1.82, 2.24) is 24.6 Å². The van der Waals surface area contributed by atoms with Crippen molar-refractivity contribution in [3.63, 3.8) is 0 Å². The Morgan fingerprint density at radius 1 is 1.10 bits per heavy atom. The van der Waals surface area contributed by atoms with Crippen molar-refractivity contribution in [2.75, 3.05) is 11.9 Å². The summed E-state index contributed by atoms with van der Waals surface area (Å²) in [6.45, 7) is 6.27. The van der Waals surface area contributed by atoms with E-state index in [9.17, 15) is 18.0 Å². The van der Waals surface area contributed by atoms with E-state index in [4.69, 9.17) is 9.84 Å². The topological polar surface area (TPSA) is 97.2 Å². The molecule has 0 fully saturated rings. The molecule has 0 aliphatic rings. The highest BCUT2D eigenvalue weighted by Gasteiger charge is 2.30. The molecule has 0 spiro atoms. The molecule has 0 atom stereocenters. The molecule has 5 rings (SSSR count). The summed E-state index contributed by atoms with van der Waals surface area (Å²) >= 11 is 1.27. The van der Waals surface area contributed by atoms with E-state index in [1.165, 1.54) is 17.4 Å². The lowest BCUT2D eigenvalue weighted by Gasteiger charge is -2.12. The Morgan fingerprint density at radius 2 is 1.93 bits per heavy atom. The Balaban J connectivity index is 1.53. The van der Waals surface area contributed by atoms with Gasteiger partial charge in [0, 0.05) is 23.1 Å². The van der Waals surface area contributed by atoms with Gasteiger partial charge in [0.2, 0.25) is 0 Å². The third-order valence-corrected chi connectivity index (χ3v) is 6.98. The van der Waals surface area contributed by atoms with E-state index in [0.717, 1.165) is 29.9 Å². The zero-order chi connectivity index (χ0) is 28.4. The second-order valence-electron chi connectivity index (χ2n) is 9.03. The van der Waals surface area contributed by atoms with Gasteiger partial charge < -0.3 is 15.0 Å². The lowest BCUT2D eigenvalue weighted by atomic mass is 10.1. The number of thiazole rings is 1. The molecule has 8 nitrogen and oxygen atoms in total. The average molecular weight is 569 g/mol. The van der Waals surface area contributed by atoms with Gasteiger partial charge in [-0.1, -0.05) is 19.9 Å². The Morgan fingerprint density at radius 3 is 2.65 bits per heavy atom. The van der Waals surface area contributed by atoms with Crippen LogP contribution in [0.5, 0.6) is 5.75 Å². The van der Waals surface area contributed by atoms with Crippen molar-refractivity contribution in [1.29, 1.82) is 0 Å². The SMILES string of the molecule is CCCc1nc(CC)c2c(=O)[nH]c(-c3cc(-c4csc(Nc5cccc(C(F)(F)F)c5)n4)ccc3OCC)nn12. The van der Waals surface area contributed by atoms with Gasteiger partial charge in [0.25, 0.3) is 5.56 Å². The number of rotatable bonds is 9. The summed E-state index contributed by atoms with van der Waals surface area (Å²) in [5, 5.41) is 9.95. The molecule has 208 valence electrons. The maximum absolute atomic E-state index is 13.2. The lowest BCUT2D eigenvalue weighted by molar-refractivity contribution is -0.137. The highest BCUT2D eigenvalue weighted by atomic mass is 32.1. The third-order valence-electron chi connectivity index (χ3n) is 6.22. The summed E-state index contributed by atoms with van der Waals surface area (Å²) in [4.78, 5) is 25.3. The first-order valence-corrected chi connectivity index (χ1v) is 13.8. The number of benzene rings is 2. The number of imidazole rings is 1. The summed E-state index contributed by atoms with van der Waals surface area (Å²) in [6.07, 6.45) is -2.30. The van der Waals surface area contributed by atoms with Crippen LogP contribution in [0.2, 0.25) is 0 Å². The molecule has 0 saturated heterocycles. The minimum Gasteiger partial charge on any atom is -0.493 e. The molecule has 0 radical (unpaired) electrons. The number of fused-ring (bicyclic) bond motifs is 1. The van der Waals surface area contributed by atoms with Crippen molar-refractivity contribution in [2.45, 2.75) is 46.2 Å². The van der Waals surface area contributed by atoms with Crippen LogP contribution < -0.4 is 15.6 Å². The molecule has 0 unspecified atom stereocenters. The molecule has 0 aliphatic carbocycles. The molecule has 0 saturated carbocycles. The van der Waals surface area contributed by atoms with Crippen LogP contribution in [-0.2, 0) is 19.0 Å². The first-order chi connectivity index (χ1) is 19.2. The lowest BCUT2D eigenvalue weighted by Crippen LogP contribution is -2.16. The molecule has 5 aromatic rings. The van der Waals surface area contributed by atoms with E-state index >= 15 is 0 Å². The van der Waals surface area contributed by atoms with Gasteiger partial charge in [0.05, 0.1) is 29.1 Å². The van der Waals surface area contributed by atoms with Crippen molar-refractivity contribution < 1.29 is 17.9 Å². The quantitative estimate of drug-likeness (QED) is 0.201. The normalized spacial score (nSPS) is 11.8. The Kier molecular flexibility index (Phi) is 7.61. The first-order valence-electron chi connectivity index (χ1n) is 12.9. The molecule has 3 aromatic heterocycles. The van der Waals surface area contributed by atoms with Crippen LogP contribution in [0.1, 0.15) is 44.3 Å². The number of H-pyrrole nitrogens is 1. The van der Waals surface area contributed by atoms with Crippen LogP contribution in [0.4, 0.5) is 24.0 Å². The number of hydrogen-bond acceptors (Lipinski definition) is 7. The summed E-state index contributed by atoms with van der Waals surface area (Å²) in [7, 11) is 0. The van der Waals surface area contributed by atoms with E-state index < -0.39 is 11.7 Å². The number of ether oxygens (including phenoxy) is 1. The van der Waals surface area contributed by atoms with Crippen LogP contribution >= 0.6 is 11.3 Å². The maximum atomic E-state index is 13.2. The van der Waals surface area contributed by atoms with Gasteiger partial charge in [-0.25, -0.2) is 14.5 Å². The molecule has 3 heterocycles. The largest absolute Gasteiger partial charge is 0.493 e. The summed E-state index contributed by atoms with van der Waals surface area (Å²) < 4.78 is 46.8. The van der Waals surface area contributed by atoms with Crippen molar-refractivity contribution in [3.05, 3.63) is 75.3 Å². The molecule has 0 bridgehead atoms. The number of aromatic amines is 1. The smallest absolute Gasteiger partial charge is 0.416 e. The molecule has 12 heteroatoms. The number of nitrogens with one attached hydrogen (secondary N) is 2. The number of hydrogen-bond donors (Lipinski definition) is 2. The van der Waals surface area contributed by atoms with Gasteiger partial charge in [-0.2, -0.15) is 13.2 Å². The highest BCUT2D eigenvalue weighted by molar-refractivity contribution is 7.14. The number of alkyl halides is 3. The van der Waals surface area contributed by atoms with E-state index in [-0.39, 0.29) is 11.2 Å². The van der Waals surface area contributed by atoms with Crippen LogP contribution in [0.25, 0.3) is 28.2 Å². The van der Waals surface area contributed by atoms with Gasteiger partial charge in [-0.05, 0) is 56.2 Å². The molecule has 40 heavy (non-hydrogen) atoms. The van der Waals surface area contributed by atoms with Gasteiger partial charge in [-0.15, -0.1) is 16.4 Å². The standard InChI is InChI=1S/C28H27F3N6O2S/c1-4-8-23-33-20(5-2)24-26(38)35-25(36-37(23)24)19-13-16(11-12-22(19)39-6-3)21-15-40-27(34-21)32-18-10-7-9-17(14-18)28(29,30)31/h7,9-15H,4-6,8H2,1-3H3,(H,32,34)(H,35,36,38). The third kappa shape index (κ3) is 5.44. The molecule has 2 N–H and O–H groups in total. The Hall–Kier alpha value is -4.19. The Labute approximate surface area is 231 Å². The van der Waals surface area contributed by atoms with Crippen molar-refractivity contribution in [2.24, 2.45) is 0 Å². The second kappa shape index (κ2) is 11.1. The van der Waals surface area contributed by atoms with Crippen LogP contribution in [-0.4, -0.2) is 31.2 Å². The second-order valence-corrected chi connectivity index (χ2v) is 9.88. The molecule has 0 aliphatic heterocycles. The molecular weight excluding hydrogens is 541 g/mol.